The summed E-state index contributed by atoms with van der Waals surface area (Å²) in [5.41, 5.74) is 1.12. The first-order valence-corrected chi connectivity index (χ1v) is 7.49. The highest BCUT2D eigenvalue weighted by Crippen LogP contribution is 2.35. The van der Waals surface area contributed by atoms with Gasteiger partial charge in [-0.1, -0.05) is 24.4 Å². The van der Waals surface area contributed by atoms with Crippen LogP contribution in [0.1, 0.15) is 43.7 Å². The fraction of sp³-hybridized carbons (Fsp3) is 0.786. The zero-order chi connectivity index (χ0) is 13.8. The third kappa shape index (κ3) is 3.94. The van der Waals surface area contributed by atoms with Gasteiger partial charge >= 0.3 is 0 Å². The maximum Gasteiger partial charge on any atom is 0.0820 e. The lowest BCUT2D eigenvalue weighted by atomic mass is 9.95. The molecule has 0 bridgehead atoms. The van der Waals surface area contributed by atoms with Gasteiger partial charge in [-0.2, -0.15) is 5.10 Å². The van der Waals surface area contributed by atoms with Crippen molar-refractivity contribution in [2.45, 2.75) is 50.7 Å². The third-order valence-corrected chi connectivity index (χ3v) is 4.17. The van der Waals surface area contributed by atoms with Crippen LogP contribution >= 0.6 is 11.6 Å². The molecular formula is C14H24ClN3O. The van der Waals surface area contributed by atoms with Gasteiger partial charge in [-0.3, -0.25) is 4.68 Å². The Kier molecular flexibility index (Phi) is 5.25. The fourth-order valence-corrected chi connectivity index (χ4v) is 3.13. The van der Waals surface area contributed by atoms with E-state index in [1.807, 2.05) is 4.68 Å². The first-order valence-electron chi connectivity index (χ1n) is 7.12. The number of hydrogen-bond donors (Lipinski definition) is 1. The van der Waals surface area contributed by atoms with Gasteiger partial charge in [0.05, 0.1) is 29.6 Å². The van der Waals surface area contributed by atoms with E-state index in [9.17, 15) is 5.11 Å². The maximum atomic E-state index is 9.98. The van der Waals surface area contributed by atoms with E-state index in [0.717, 1.165) is 55.9 Å². The van der Waals surface area contributed by atoms with E-state index in [1.165, 1.54) is 0 Å². The summed E-state index contributed by atoms with van der Waals surface area (Å²) in [4.78, 5) is 2.14. The largest absolute Gasteiger partial charge is 0.393 e. The molecule has 19 heavy (non-hydrogen) atoms. The van der Waals surface area contributed by atoms with Gasteiger partial charge in [0.1, 0.15) is 0 Å². The van der Waals surface area contributed by atoms with Crippen molar-refractivity contribution in [3.8, 4) is 0 Å². The number of aliphatic hydroxyl groups excluding tert-OH is 1. The van der Waals surface area contributed by atoms with E-state index in [1.54, 1.807) is 6.20 Å². The molecule has 1 aromatic rings. The molecule has 0 spiro atoms. The van der Waals surface area contributed by atoms with Crippen molar-refractivity contribution in [2.75, 3.05) is 20.6 Å². The average Bonchev–Trinajstić information content (AvgIpc) is 2.58. The molecule has 108 valence electrons. The summed E-state index contributed by atoms with van der Waals surface area (Å²) >= 11 is 6.32. The van der Waals surface area contributed by atoms with Crippen LogP contribution < -0.4 is 0 Å². The molecule has 1 fully saturated rings. The van der Waals surface area contributed by atoms with E-state index in [4.69, 9.17) is 11.6 Å². The molecule has 2 rings (SSSR count). The molecule has 1 heterocycles. The van der Waals surface area contributed by atoms with Crippen LogP contribution in [0.5, 0.6) is 0 Å². The van der Waals surface area contributed by atoms with Crippen molar-refractivity contribution in [3.63, 3.8) is 0 Å². The van der Waals surface area contributed by atoms with Crippen LogP contribution in [-0.4, -0.2) is 46.5 Å². The van der Waals surface area contributed by atoms with Gasteiger partial charge in [0.2, 0.25) is 0 Å². The summed E-state index contributed by atoms with van der Waals surface area (Å²) in [6, 6.07) is 0. The van der Waals surface area contributed by atoms with Gasteiger partial charge in [-0.15, -0.1) is 0 Å². The highest BCUT2D eigenvalue weighted by molar-refractivity contribution is 6.31. The monoisotopic (exact) mass is 285 g/mol. The van der Waals surface area contributed by atoms with Crippen LogP contribution in [0.2, 0.25) is 5.02 Å². The van der Waals surface area contributed by atoms with Crippen LogP contribution in [0, 0.1) is 0 Å². The number of aromatic nitrogens is 2. The van der Waals surface area contributed by atoms with Gasteiger partial charge < -0.3 is 10.0 Å². The molecule has 0 aromatic carbocycles. The number of hydrogen-bond acceptors (Lipinski definition) is 3. The molecule has 1 saturated carbocycles. The molecule has 0 radical (unpaired) electrons. The van der Waals surface area contributed by atoms with E-state index in [0.29, 0.717) is 5.92 Å². The predicted octanol–water partition coefficient (Wildman–Crippen LogP) is 2.51. The Morgan fingerprint density at radius 2 is 2.16 bits per heavy atom. The van der Waals surface area contributed by atoms with Crippen LogP contribution in [0.25, 0.3) is 0 Å². The SMILES string of the molecule is CN(C)CCn1ncc(Cl)c1C1CCCCC(O)C1. The second kappa shape index (κ2) is 6.73. The Morgan fingerprint density at radius 1 is 1.42 bits per heavy atom. The number of halogens is 1. The fourth-order valence-electron chi connectivity index (χ4n) is 2.83. The van der Waals surface area contributed by atoms with Crippen LogP contribution in [-0.2, 0) is 6.54 Å². The summed E-state index contributed by atoms with van der Waals surface area (Å²) in [6.45, 7) is 1.79. The van der Waals surface area contributed by atoms with Gasteiger partial charge in [-0.05, 0) is 33.4 Å². The van der Waals surface area contributed by atoms with Gasteiger partial charge in [0.15, 0.2) is 0 Å². The molecule has 1 aliphatic rings. The first kappa shape index (κ1) is 14.8. The molecule has 2 unspecified atom stereocenters. The molecular weight excluding hydrogens is 262 g/mol. The third-order valence-electron chi connectivity index (χ3n) is 3.88. The average molecular weight is 286 g/mol. The topological polar surface area (TPSA) is 41.3 Å². The smallest absolute Gasteiger partial charge is 0.0820 e. The Bertz CT molecular complexity index is 405. The lowest BCUT2D eigenvalue weighted by Gasteiger charge is -2.20. The normalized spacial score (nSPS) is 24.7. The van der Waals surface area contributed by atoms with E-state index >= 15 is 0 Å². The summed E-state index contributed by atoms with van der Waals surface area (Å²) < 4.78 is 2.02. The van der Waals surface area contributed by atoms with E-state index < -0.39 is 0 Å². The standard InChI is InChI=1S/C14H24ClN3O/c1-17(2)7-8-18-14(13(15)10-16-18)11-5-3-4-6-12(19)9-11/h10-12,19H,3-9H2,1-2H3. The van der Waals surface area contributed by atoms with Crippen LogP contribution in [0.15, 0.2) is 6.20 Å². The Hall–Kier alpha value is -0.580. The molecule has 5 heteroatoms. The highest BCUT2D eigenvalue weighted by atomic mass is 35.5. The van der Waals surface area contributed by atoms with E-state index in [-0.39, 0.29) is 6.10 Å². The van der Waals surface area contributed by atoms with Gasteiger partial charge in [0, 0.05) is 12.5 Å². The molecule has 0 saturated heterocycles. The number of likely N-dealkylation sites (N-methyl/N-ethyl adjacent to an activating group) is 1. The van der Waals surface area contributed by atoms with Crippen molar-refractivity contribution in [2.24, 2.45) is 0 Å². The van der Waals surface area contributed by atoms with Gasteiger partial charge in [0.25, 0.3) is 0 Å². The highest BCUT2D eigenvalue weighted by Gasteiger charge is 2.25. The first-order chi connectivity index (χ1) is 9.08. The Labute approximate surface area is 120 Å². The zero-order valence-electron chi connectivity index (χ0n) is 11.8. The van der Waals surface area contributed by atoms with Crippen LogP contribution in [0.3, 0.4) is 0 Å². The number of nitrogens with zero attached hydrogens (tertiary/aromatic N) is 3. The molecule has 1 aliphatic carbocycles. The van der Waals surface area contributed by atoms with Crippen LogP contribution in [0.4, 0.5) is 0 Å². The lowest BCUT2D eigenvalue weighted by Crippen LogP contribution is -2.21. The maximum absolute atomic E-state index is 9.98. The minimum atomic E-state index is -0.194. The minimum absolute atomic E-state index is 0.194. The van der Waals surface area contributed by atoms with Crippen molar-refractivity contribution in [3.05, 3.63) is 16.9 Å². The molecule has 4 nitrogen and oxygen atoms in total. The molecule has 0 aliphatic heterocycles. The van der Waals surface area contributed by atoms with Crippen molar-refractivity contribution < 1.29 is 5.11 Å². The van der Waals surface area contributed by atoms with Crippen molar-refractivity contribution in [1.82, 2.24) is 14.7 Å². The van der Waals surface area contributed by atoms with Crippen molar-refractivity contribution in [1.29, 1.82) is 0 Å². The van der Waals surface area contributed by atoms with E-state index in [2.05, 4.69) is 24.1 Å². The Morgan fingerprint density at radius 3 is 2.89 bits per heavy atom. The summed E-state index contributed by atoms with van der Waals surface area (Å²) in [7, 11) is 4.11. The predicted molar refractivity (Wildman–Crippen MR) is 77.6 cm³/mol. The summed E-state index contributed by atoms with van der Waals surface area (Å²) in [6.07, 6.45) is 6.65. The number of rotatable bonds is 4. The summed E-state index contributed by atoms with van der Waals surface area (Å²) in [5.74, 6) is 0.342. The van der Waals surface area contributed by atoms with Gasteiger partial charge in [-0.25, -0.2) is 0 Å². The quantitative estimate of drug-likeness (QED) is 0.864. The Balaban J connectivity index is 2.14. The zero-order valence-corrected chi connectivity index (χ0v) is 12.6. The molecule has 2 atom stereocenters. The lowest BCUT2D eigenvalue weighted by molar-refractivity contribution is 0.150. The van der Waals surface area contributed by atoms with Crippen molar-refractivity contribution >= 4 is 11.6 Å². The molecule has 1 aromatic heterocycles. The molecule has 1 N–H and O–H groups in total. The second-order valence-corrected chi connectivity index (χ2v) is 6.18. The number of aliphatic hydroxyl groups is 1. The molecule has 0 amide bonds. The minimum Gasteiger partial charge on any atom is -0.393 e. The second-order valence-electron chi connectivity index (χ2n) is 5.78. The summed E-state index contributed by atoms with van der Waals surface area (Å²) in [5, 5.41) is 15.1.